The van der Waals surface area contributed by atoms with E-state index in [1.807, 2.05) is 0 Å². The minimum absolute atomic E-state index is 0.0872. The van der Waals surface area contributed by atoms with Gasteiger partial charge in [0, 0.05) is 26.6 Å². The molecule has 0 heterocycles. The maximum absolute atomic E-state index is 11.4. The second-order valence-electron chi connectivity index (χ2n) is 3.77. The third-order valence-corrected chi connectivity index (χ3v) is 2.04. The van der Waals surface area contributed by atoms with Gasteiger partial charge in [-0.05, 0) is 13.8 Å². The van der Waals surface area contributed by atoms with Crippen molar-refractivity contribution in [3.8, 4) is 0 Å². The lowest BCUT2D eigenvalue weighted by Gasteiger charge is -2.20. The molecule has 0 saturated carbocycles. The molecule has 0 aliphatic carbocycles. The Morgan fingerprint density at radius 2 is 1.93 bits per heavy atom. The molecule has 0 saturated heterocycles. The Kier molecular flexibility index (Phi) is 5.15. The van der Waals surface area contributed by atoms with Crippen LogP contribution in [-0.4, -0.2) is 32.0 Å². The number of carbonyl (C=O) groups is 2. The highest BCUT2D eigenvalue weighted by Gasteiger charge is 2.25. The van der Waals surface area contributed by atoms with Crippen LogP contribution in [0.25, 0.3) is 0 Å². The zero-order valence-corrected chi connectivity index (χ0v) is 9.02. The SMILES string of the molecule is CNC(=O)CCNC(=O)C(C)(C)CN. The molecule has 0 spiro atoms. The van der Waals surface area contributed by atoms with Crippen molar-refractivity contribution in [1.82, 2.24) is 10.6 Å². The highest BCUT2D eigenvalue weighted by molar-refractivity contribution is 5.83. The fourth-order valence-electron chi connectivity index (χ4n) is 0.747. The van der Waals surface area contributed by atoms with E-state index in [4.69, 9.17) is 5.73 Å². The topological polar surface area (TPSA) is 84.2 Å². The van der Waals surface area contributed by atoms with E-state index in [0.717, 1.165) is 0 Å². The number of rotatable bonds is 5. The molecule has 82 valence electrons. The summed E-state index contributed by atoms with van der Waals surface area (Å²) in [4.78, 5) is 22.3. The number of nitrogens with one attached hydrogen (secondary N) is 2. The third-order valence-electron chi connectivity index (χ3n) is 2.04. The van der Waals surface area contributed by atoms with Crippen LogP contribution in [0.4, 0.5) is 0 Å². The molecule has 0 unspecified atom stereocenters. The van der Waals surface area contributed by atoms with Crippen LogP contribution in [-0.2, 0) is 9.59 Å². The van der Waals surface area contributed by atoms with Gasteiger partial charge in [0.15, 0.2) is 0 Å². The smallest absolute Gasteiger partial charge is 0.226 e. The van der Waals surface area contributed by atoms with E-state index in [0.29, 0.717) is 19.5 Å². The van der Waals surface area contributed by atoms with Crippen molar-refractivity contribution in [3.63, 3.8) is 0 Å². The van der Waals surface area contributed by atoms with Gasteiger partial charge >= 0.3 is 0 Å². The summed E-state index contributed by atoms with van der Waals surface area (Å²) in [6.45, 7) is 4.17. The monoisotopic (exact) mass is 201 g/mol. The molecule has 4 N–H and O–H groups in total. The molecule has 0 aromatic carbocycles. The number of nitrogens with two attached hydrogens (primary N) is 1. The van der Waals surface area contributed by atoms with E-state index in [2.05, 4.69) is 10.6 Å². The van der Waals surface area contributed by atoms with Crippen LogP contribution in [0.3, 0.4) is 0 Å². The molecule has 2 amide bonds. The zero-order valence-electron chi connectivity index (χ0n) is 9.02. The van der Waals surface area contributed by atoms with Crippen LogP contribution in [0.15, 0.2) is 0 Å². The molecule has 0 bridgehead atoms. The van der Waals surface area contributed by atoms with Crippen LogP contribution in [0, 0.1) is 5.41 Å². The fraction of sp³-hybridized carbons (Fsp3) is 0.778. The lowest BCUT2D eigenvalue weighted by atomic mass is 9.93. The Labute approximate surface area is 84.4 Å². The number of hydrogen-bond donors (Lipinski definition) is 3. The summed E-state index contributed by atoms with van der Waals surface area (Å²) in [6, 6.07) is 0. The van der Waals surface area contributed by atoms with Crippen molar-refractivity contribution in [2.45, 2.75) is 20.3 Å². The van der Waals surface area contributed by atoms with E-state index in [1.54, 1.807) is 20.9 Å². The predicted octanol–water partition coefficient (Wildman–Crippen LogP) is -0.776. The van der Waals surface area contributed by atoms with Gasteiger partial charge in [-0.15, -0.1) is 0 Å². The molecule has 0 fully saturated rings. The van der Waals surface area contributed by atoms with E-state index >= 15 is 0 Å². The van der Waals surface area contributed by atoms with Crippen molar-refractivity contribution in [2.24, 2.45) is 11.1 Å². The lowest BCUT2D eigenvalue weighted by Crippen LogP contribution is -2.42. The molecular formula is C9H19N3O2. The summed E-state index contributed by atoms with van der Waals surface area (Å²) in [6.07, 6.45) is 0.295. The fourth-order valence-corrected chi connectivity index (χ4v) is 0.747. The van der Waals surface area contributed by atoms with Crippen molar-refractivity contribution < 1.29 is 9.59 Å². The van der Waals surface area contributed by atoms with Gasteiger partial charge in [-0.1, -0.05) is 0 Å². The van der Waals surface area contributed by atoms with Gasteiger partial charge in [-0.2, -0.15) is 0 Å². The molecule has 5 nitrogen and oxygen atoms in total. The predicted molar refractivity (Wildman–Crippen MR) is 54.5 cm³/mol. The first-order valence-electron chi connectivity index (χ1n) is 4.63. The van der Waals surface area contributed by atoms with Crippen LogP contribution in [0.5, 0.6) is 0 Å². The van der Waals surface area contributed by atoms with E-state index in [9.17, 15) is 9.59 Å². The normalized spacial score (nSPS) is 10.9. The molecule has 0 aromatic rings. The summed E-state index contributed by atoms with van der Waals surface area (Å²) in [5, 5.41) is 5.14. The van der Waals surface area contributed by atoms with E-state index in [-0.39, 0.29) is 11.8 Å². The largest absolute Gasteiger partial charge is 0.359 e. The van der Waals surface area contributed by atoms with Crippen LogP contribution in [0.1, 0.15) is 20.3 Å². The van der Waals surface area contributed by atoms with Gasteiger partial charge in [0.05, 0.1) is 5.41 Å². The minimum atomic E-state index is -0.567. The molecule has 0 aromatic heterocycles. The Morgan fingerprint density at radius 1 is 1.36 bits per heavy atom. The number of carbonyl (C=O) groups excluding carboxylic acids is 2. The highest BCUT2D eigenvalue weighted by Crippen LogP contribution is 2.11. The molecule has 14 heavy (non-hydrogen) atoms. The Balaban J connectivity index is 3.80. The van der Waals surface area contributed by atoms with Gasteiger partial charge in [-0.25, -0.2) is 0 Å². The van der Waals surface area contributed by atoms with Gasteiger partial charge < -0.3 is 16.4 Å². The first-order valence-corrected chi connectivity index (χ1v) is 4.63. The summed E-state index contributed by atoms with van der Waals surface area (Å²) < 4.78 is 0. The molecule has 0 radical (unpaired) electrons. The third kappa shape index (κ3) is 4.23. The second kappa shape index (κ2) is 5.59. The van der Waals surface area contributed by atoms with Crippen molar-refractivity contribution in [3.05, 3.63) is 0 Å². The number of amides is 2. The zero-order chi connectivity index (χ0) is 11.2. The van der Waals surface area contributed by atoms with Crippen molar-refractivity contribution >= 4 is 11.8 Å². The van der Waals surface area contributed by atoms with Crippen LogP contribution in [0.2, 0.25) is 0 Å². The average Bonchev–Trinajstić information content (AvgIpc) is 2.17. The summed E-state index contributed by atoms with van der Waals surface area (Å²) >= 11 is 0. The molecule has 0 atom stereocenters. The Bertz CT molecular complexity index is 214. The first kappa shape index (κ1) is 12.9. The molecule has 0 aliphatic heterocycles. The number of hydrogen-bond acceptors (Lipinski definition) is 3. The molecular weight excluding hydrogens is 182 g/mol. The first-order chi connectivity index (χ1) is 6.44. The Morgan fingerprint density at radius 3 is 2.36 bits per heavy atom. The summed E-state index contributed by atoms with van der Waals surface area (Å²) in [5.74, 6) is -0.209. The quantitative estimate of drug-likeness (QED) is 0.546. The Hall–Kier alpha value is -1.10. The minimum Gasteiger partial charge on any atom is -0.359 e. The van der Waals surface area contributed by atoms with Gasteiger partial charge in [0.25, 0.3) is 0 Å². The second-order valence-corrected chi connectivity index (χ2v) is 3.77. The maximum Gasteiger partial charge on any atom is 0.226 e. The van der Waals surface area contributed by atoms with Crippen molar-refractivity contribution in [2.75, 3.05) is 20.1 Å². The van der Waals surface area contributed by atoms with E-state index < -0.39 is 5.41 Å². The van der Waals surface area contributed by atoms with E-state index in [1.165, 1.54) is 0 Å². The molecule has 5 heteroatoms. The molecule has 0 aliphatic rings. The van der Waals surface area contributed by atoms with Crippen LogP contribution >= 0.6 is 0 Å². The van der Waals surface area contributed by atoms with Gasteiger partial charge in [0.1, 0.15) is 0 Å². The standard InChI is InChI=1S/C9H19N3O2/c1-9(2,6-10)8(14)12-5-4-7(13)11-3/h4-6,10H2,1-3H3,(H,11,13)(H,12,14). The highest BCUT2D eigenvalue weighted by atomic mass is 16.2. The maximum atomic E-state index is 11.4. The lowest BCUT2D eigenvalue weighted by molar-refractivity contribution is -0.129. The van der Waals surface area contributed by atoms with Crippen LogP contribution < -0.4 is 16.4 Å². The molecule has 0 rings (SSSR count). The van der Waals surface area contributed by atoms with Gasteiger partial charge in [-0.3, -0.25) is 9.59 Å². The summed E-state index contributed by atoms with van der Waals surface area (Å²) in [5.41, 5.74) is 4.86. The van der Waals surface area contributed by atoms with Crippen molar-refractivity contribution in [1.29, 1.82) is 0 Å². The summed E-state index contributed by atoms with van der Waals surface area (Å²) in [7, 11) is 1.56. The average molecular weight is 201 g/mol. The van der Waals surface area contributed by atoms with Gasteiger partial charge in [0.2, 0.25) is 11.8 Å².